The van der Waals surface area contributed by atoms with Crippen molar-refractivity contribution in [3.8, 4) is 0 Å². The number of amides is 2. The monoisotopic (exact) mass is 394 g/mol. The van der Waals surface area contributed by atoms with Crippen LogP contribution in [0.25, 0.3) is 0 Å². The number of aromatic carboxylic acids is 1. The van der Waals surface area contributed by atoms with Crippen molar-refractivity contribution in [2.45, 2.75) is 32.2 Å². The maximum absolute atomic E-state index is 12.5. The van der Waals surface area contributed by atoms with Gasteiger partial charge in [-0.15, -0.1) is 0 Å². The number of hydrogen-bond acceptors (Lipinski definition) is 3. The third kappa shape index (κ3) is 5.91. The number of piperidine rings is 1. The van der Waals surface area contributed by atoms with Gasteiger partial charge in [0.25, 0.3) is 0 Å². The Morgan fingerprint density at radius 1 is 0.931 bits per heavy atom. The summed E-state index contributed by atoms with van der Waals surface area (Å²) in [5, 5.41) is 11.9. The van der Waals surface area contributed by atoms with Crippen LogP contribution < -0.4 is 5.32 Å². The molecule has 6 nitrogen and oxygen atoms in total. The number of nitrogens with zero attached hydrogens (tertiary/aromatic N) is 1. The summed E-state index contributed by atoms with van der Waals surface area (Å²) >= 11 is 0. The van der Waals surface area contributed by atoms with E-state index in [1.54, 1.807) is 24.3 Å². The van der Waals surface area contributed by atoms with Crippen LogP contribution in [-0.4, -0.2) is 40.9 Å². The highest BCUT2D eigenvalue weighted by atomic mass is 16.4. The fourth-order valence-corrected chi connectivity index (χ4v) is 3.54. The van der Waals surface area contributed by atoms with Crippen LogP contribution in [0.3, 0.4) is 0 Å². The van der Waals surface area contributed by atoms with Crippen molar-refractivity contribution in [1.29, 1.82) is 0 Å². The standard InChI is InChI=1S/C23H26N2O4/c26-21(11-8-17-6-9-20(10-7-17)23(28)29)25-14-12-19(13-15-25)22(27)24-16-18-4-2-1-3-5-18/h1-7,9-10,19H,8,11-16H2,(H,24,27)(H,28,29). The molecule has 0 bridgehead atoms. The van der Waals surface area contributed by atoms with Crippen LogP contribution in [0.4, 0.5) is 0 Å². The van der Waals surface area contributed by atoms with Gasteiger partial charge in [-0.25, -0.2) is 4.79 Å². The van der Waals surface area contributed by atoms with E-state index in [1.165, 1.54) is 0 Å². The van der Waals surface area contributed by atoms with E-state index < -0.39 is 5.97 Å². The topological polar surface area (TPSA) is 86.7 Å². The molecule has 0 atom stereocenters. The molecule has 0 saturated carbocycles. The third-order valence-electron chi connectivity index (χ3n) is 5.36. The highest BCUT2D eigenvalue weighted by molar-refractivity contribution is 5.87. The molecule has 2 aromatic rings. The number of aryl methyl sites for hydroxylation is 1. The average Bonchev–Trinajstić information content (AvgIpc) is 2.77. The largest absolute Gasteiger partial charge is 0.478 e. The molecule has 0 unspecified atom stereocenters. The van der Waals surface area contributed by atoms with Gasteiger partial charge in [0.15, 0.2) is 0 Å². The molecule has 0 radical (unpaired) electrons. The molecule has 2 aromatic carbocycles. The predicted molar refractivity (Wildman–Crippen MR) is 109 cm³/mol. The number of carbonyl (C=O) groups excluding carboxylic acids is 2. The number of rotatable bonds is 7. The molecule has 2 N–H and O–H groups in total. The second kappa shape index (κ2) is 9.87. The van der Waals surface area contributed by atoms with Gasteiger partial charge in [0.05, 0.1) is 5.56 Å². The van der Waals surface area contributed by atoms with Crippen LogP contribution in [0, 0.1) is 5.92 Å². The zero-order valence-electron chi connectivity index (χ0n) is 16.3. The Labute approximate surface area is 170 Å². The molecule has 29 heavy (non-hydrogen) atoms. The Kier molecular flexibility index (Phi) is 7.00. The van der Waals surface area contributed by atoms with Crippen LogP contribution in [-0.2, 0) is 22.6 Å². The third-order valence-corrected chi connectivity index (χ3v) is 5.36. The normalized spacial score (nSPS) is 14.4. The maximum Gasteiger partial charge on any atom is 0.335 e. The molecule has 0 aliphatic carbocycles. The predicted octanol–water partition coefficient (Wildman–Crippen LogP) is 2.87. The summed E-state index contributed by atoms with van der Waals surface area (Å²) in [6.45, 7) is 1.72. The van der Waals surface area contributed by atoms with Crippen molar-refractivity contribution in [2.24, 2.45) is 5.92 Å². The number of carbonyl (C=O) groups is 3. The quantitative estimate of drug-likeness (QED) is 0.756. The molecule has 6 heteroatoms. The molecule has 1 aliphatic rings. The van der Waals surface area contributed by atoms with Crippen LogP contribution in [0.15, 0.2) is 54.6 Å². The lowest BCUT2D eigenvalue weighted by Crippen LogP contribution is -2.43. The maximum atomic E-state index is 12.5. The first-order valence-electron chi connectivity index (χ1n) is 9.94. The van der Waals surface area contributed by atoms with Crippen molar-refractivity contribution >= 4 is 17.8 Å². The fraction of sp³-hybridized carbons (Fsp3) is 0.348. The van der Waals surface area contributed by atoms with E-state index in [0.29, 0.717) is 45.3 Å². The van der Waals surface area contributed by atoms with Gasteiger partial charge in [-0.3, -0.25) is 9.59 Å². The summed E-state index contributed by atoms with van der Waals surface area (Å²) in [4.78, 5) is 37.6. The molecule has 1 fully saturated rings. The summed E-state index contributed by atoms with van der Waals surface area (Å²) in [6.07, 6.45) is 2.33. The van der Waals surface area contributed by atoms with Gasteiger partial charge in [-0.05, 0) is 42.5 Å². The molecular weight excluding hydrogens is 368 g/mol. The summed E-state index contributed by atoms with van der Waals surface area (Å²) in [5.41, 5.74) is 2.26. The van der Waals surface area contributed by atoms with E-state index in [4.69, 9.17) is 5.11 Å². The van der Waals surface area contributed by atoms with Crippen LogP contribution in [0.1, 0.15) is 40.7 Å². The van der Waals surface area contributed by atoms with E-state index in [-0.39, 0.29) is 23.3 Å². The fourth-order valence-electron chi connectivity index (χ4n) is 3.54. The molecule has 152 valence electrons. The summed E-state index contributed by atoms with van der Waals surface area (Å²) in [7, 11) is 0. The van der Waals surface area contributed by atoms with E-state index in [2.05, 4.69) is 5.32 Å². The first-order valence-corrected chi connectivity index (χ1v) is 9.94. The summed E-state index contributed by atoms with van der Waals surface area (Å²) in [6, 6.07) is 16.4. The van der Waals surface area contributed by atoms with Crippen molar-refractivity contribution in [1.82, 2.24) is 10.2 Å². The van der Waals surface area contributed by atoms with Gasteiger partial charge >= 0.3 is 5.97 Å². The highest BCUT2D eigenvalue weighted by Crippen LogP contribution is 2.19. The molecular formula is C23H26N2O4. The van der Waals surface area contributed by atoms with Crippen molar-refractivity contribution in [3.63, 3.8) is 0 Å². The second-order valence-electron chi connectivity index (χ2n) is 7.36. The van der Waals surface area contributed by atoms with Gasteiger partial charge in [0, 0.05) is 32.0 Å². The van der Waals surface area contributed by atoms with E-state index in [1.807, 2.05) is 35.2 Å². The van der Waals surface area contributed by atoms with Crippen molar-refractivity contribution < 1.29 is 19.5 Å². The molecule has 3 rings (SSSR count). The number of benzene rings is 2. The first-order chi connectivity index (χ1) is 14.0. The first kappa shape index (κ1) is 20.6. The van der Waals surface area contributed by atoms with Crippen molar-refractivity contribution in [3.05, 3.63) is 71.3 Å². The smallest absolute Gasteiger partial charge is 0.335 e. The van der Waals surface area contributed by atoms with E-state index in [9.17, 15) is 14.4 Å². The average molecular weight is 394 g/mol. The van der Waals surface area contributed by atoms with Gasteiger partial charge < -0.3 is 15.3 Å². The minimum atomic E-state index is -0.955. The number of carboxylic acids is 1. The molecule has 2 amide bonds. The number of carboxylic acid groups (broad SMARTS) is 1. The number of likely N-dealkylation sites (tertiary alicyclic amines) is 1. The number of nitrogens with one attached hydrogen (secondary N) is 1. The molecule has 0 aromatic heterocycles. The summed E-state index contributed by atoms with van der Waals surface area (Å²) < 4.78 is 0. The van der Waals surface area contributed by atoms with Gasteiger partial charge in [-0.2, -0.15) is 0 Å². The van der Waals surface area contributed by atoms with E-state index >= 15 is 0 Å². The van der Waals surface area contributed by atoms with Gasteiger partial charge in [0.2, 0.25) is 11.8 Å². The molecule has 1 aliphatic heterocycles. The lowest BCUT2D eigenvalue weighted by atomic mass is 9.95. The Bertz CT molecular complexity index is 841. The van der Waals surface area contributed by atoms with Gasteiger partial charge in [-0.1, -0.05) is 42.5 Å². The Balaban J connectivity index is 1.39. The SMILES string of the molecule is O=C(O)c1ccc(CCC(=O)N2CCC(C(=O)NCc3ccccc3)CC2)cc1. The lowest BCUT2D eigenvalue weighted by Gasteiger charge is -2.31. The zero-order chi connectivity index (χ0) is 20.6. The van der Waals surface area contributed by atoms with Crippen LogP contribution in [0.5, 0.6) is 0 Å². The Morgan fingerprint density at radius 3 is 2.21 bits per heavy atom. The number of hydrogen-bond donors (Lipinski definition) is 2. The van der Waals surface area contributed by atoms with Crippen LogP contribution in [0.2, 0.25) is 0 Å². The minimum absolute atomic E-state index is 0.0497. The lowest BCUT2D eigenvalue weighted by molar-refractivity contribution is -0.135. The molecule has 0 spiro atoms. The summed E-state index contributed by atoms with van der Waals surface area (Å²) in [5.74, 6) is -0.871. The second-order valence-corrected chi connectivity index (χ2v) is 7.36. The minimum Gasteiger partial charge on any atom is -0.478 e. The molecule has 1 heterocycles. The molecule has 1 saturated heterocycles. The van der Waals surface area contributed by atoms with E-state index in [0.717, 1.165) is 11.1 Å². The Hall–Kier alpha value is -3.15. The Morgan fingerprint density at radius 2 is 1.59 bits per heavy atom. The van der Waals surface area contributed by atoms with Crippen LogP contribution >= 0.6 is 0 Å². The van der Waals surface area contributed by atoms with Crippen molar-refractivity contribution in [2.75, 3.05) is 13.1 Å². The van der Waals surface area contributed by atoms with Gasteiger partial charge in [0.1, 0.15) is 0 Å². The highest BCUT2D eigenvalue weighted by Gasteiger charge is 2.26. The zero-order valence-corrected chi connectivity index (χ0v) is 16.3.